The van der Waals surface area contributed by atoms with Crippen LogP contribution < -0.4 is 0 Å². The Morgan fingerprint density at radius 2 is 1.84 bits per heavy atom. The molecule has 2 aliphatic rings. The molecule has 2 rings (SSSR count). The van der Waals surface area contributed by atoms with Gasteiger partial charge in [0.05, 0.1) is 22.6 Å². The van der Waals surface area contributed by atoms with Crippen molar-refractivity contribution in [2.75, 3.05) is 23.1 Å². The molecule has 0 unspecified atom stereocenters. The Labute approximate surface area is 116 Å². The molecule has 7 nitrogen and oxygen atoms in total. The molecular weight excluding hydrogens is 314 g/mol. The summed E-state index contributed by atoms with van der Waals surface area (Å²) in [7, 11) is -6.87. The predicted molar refractivity (Wildman–Crippen MR) is 71.2 cm³/mol. The van der Waals surface area contributed by atoms with E-state index >= 15 is 0 Å². The summed E-state index contributed by atoms with van der Waals surface area (Å²) in [6.07, 6.45) is 0.107. The maximum absolute atomic E-state index is 12.4. The lowest BCUT2D eigenvalue weighted by Gasteiger charge is -2.28. The summed E-state index contributed by atoms with van der Waals surface area (Å²) < 4.78 is 48.4. The molecule has 10 heteroatoms. The van der Waals surface area contributed by atoms with Gasteiger partial charge in [-0.1, -0.05) is 0 Å². The normalized spacial score (nSPS) is 29.4. The number of sulfonamides is 1. The lowest BCUT2D eigenvalue weighted by molar-refractivity contribution is -0.140. The largest absolute Gasteiger partial charge is 0.480 e. The van der Waals surface area contributed by atoms with Gasteiger partial charge in [0.25, 0.3) is 0 Å². The molecule has 110 valence electrons. The van der Waals surface area contributed by atoms with E-state index in [2.05, 4.69) is 0 Å². The zero-order chi connectivity index (χ0) is 14.3. The Morgan fingerprint density at radius 3 is 2.37 bits per heavy atom. The van der Waals surface area contributed by atoms with Gasteiger partial charge in [-0.05, 0) is 12.8 Å². The Morgan fingerprint density at radius 1 is 1.26 bits per heavy atom. The molecule has 1 N–H and O–H groups in total. The highest BCUT2D eigenvalue weighted by molar-refractivity contribution is 8.00. The van der Waals surface area contributed by atoms with Crippen molar-refractivity contribution >= 4 is 37.6 Å². The van der Waals surface area contributed by atoms with Crippen LogP contribution in [0.15, 0.2) is 0 Å². The Kier molecular flexibility index (Phi) is 4.15. The summed E-state index contributed by atoms with van der Waals surface area (Å²) >= 11 is 1.26. The van der Waals surface area contributed by atoms with Gasteiger partial charge in [-0.25, -0.2) is 16.8 Å². The summed E-state index contributed by atoms with van der Waals surface area (Å²) in [5, 5.41) is 8.23. The minimum absolute atomic E-state index is 0.0537. The second-order valence-corrected chi connectivity index (χ2v) is 10.1. The number of carboxylic acids is 1. The third kappa shape index (κ3) is 3.06. The van der Waals surface area contributed by atoms with Crippen molar-refractivity contribution < 1.29 is 26.7 Å². The number of sulfone groups is 1. The van der Waals surface area contributed by atoms with Crippen LogP contribution in [-0.4, -0.2) is 66.6 Å². The standard InChI is InChI=1S/C9H15NO6S3/c11-9(12)8-5-17-6-10(8)19(15,16)7-1-3-18(13,14)4-2-7/h7-8H,1-6H2,(H,11,12)/t8-/m0/s1. The lowest BCUT2D eigenvalue weighted by Crippen LogP contribution is -2.47. The smallest absolute Gasteiger partial charge is 0.322 e. The quantitative estimate of drug-likeness (QED) is 0.733. The van der Waals surface area contributed by atoms with Crippen LogP contribution in [-0.2, 0) is 24.7 Å². The molecule has 0 saturated carbocycles. The summed E-state index contributed by atoms with van der Waals surface area (Å²) in [5.74, 6) is -1.08. The SMILES string of the molecule is O=C(O)[C@@H]1CSCN1S(=O)(=O)C1CCS(=O)(=O)CC1. The zero-order valence-corrected chi connectivity index (χ0v) is 12.5. The van der Waals surface area contributed by atoms with Gasteiger partial charge >= 0.3 is 5.97 Å². The van der Waals surface area contributed by atoms with Crippen molar-refractivity contribution in [3.8, 4) is 0 Å². The summed E-state index contributed by atoms with van der Waals surface area (Å²) in [4.78, 5) is 11.0. The van der Waals surface area contributed by atoms with Gasteiger partial charge < -0.3 is 5.11 Å². The minimum atomic E-state index is -3.74. The fourth-order valence-electron chi connectivity index (χ4n) is 2.23. The average molecular weight is 329 g/mol. The van der Waals surface area contributed by atoms with Crippen LogP contribution in [0.2, 0.25) is 0 Å². The monoisotopic (exact) mass is 329 g/mol. The Balaban J connectivity index is 2.17. The highest BCUT2D eigenvalue weighted by atomic mass is 32.2. The molecule has 2 fully saturated rings. The van der Waals surface area contributed by atoms with Crippen molar-refractivity contribution in [1.82, 2.24) is 4.31 Å². The lowest BCUT2D eigenvalue weighted by atomic mass is 10.2. The molecular formula is C9H15NO6S3. The first kappa shape index (κ1) is 15.1. The number of carbonyl (C=O) groups is 1. The number of aliphatic carboxylic acids is 1. The molecule has 19 heavy (non-hydrogen) atoms. The van der Waals surface area contributed by atoms with Gasteiger partial charge in [0.15, 0.2) is 0 Å². The summed E-state index contributed by atoms with van der Waals surface area (Å²) in [5.41, 5.74) is 0. The van der Waals surface area contributed by atoms with Crippen LogP contribution in [0, 0.1) is 0 Å². The van der Waals surface area contributed by atoms with E-state index in [9.17, 15) is 21.6 Å². The van der Waals surface area contributed by atoms with Crippen LogP contribution in [0.25, 0.3) is 0 Å². The van der Waals surface area contributed by atoms with Crippen LogP contribution in [0.3, 0.4) is 0 Å². The third-order valence-corrected chi connectivity index (χ3v) is 8.62. The first-order valence-corrected chi connectivity index (χ1v) is 10.2. The van der Waals surface area contributed by atoms with Crippen LogP contribution in [0.1, 0.15) is 12.8 Å². The number of rotatable bonds is 3. The molecule has 2 heterocycles. The molecule has 0 amide bonds. The number of carboxylic acid groups (broad SMARTS) is 1. The average Bonchev–Trinajstić information content (AvgIpc) is 2.77. The summed E-state index contributed by atoms with van der Waals surface area (Å²) in [6.45, 7) is 0. The van der Waals surface area contributed by atoms with Gasteiger partial charge in [0.2, 0.25) is 10.0 Å². The molecule has 1 atom stereocenters. The van der Waals surface area contributed by atoms with E-state index in [1.807, 2.05) is 0 Å². The van der Waals surface area contributed by atoms with Crippen molar-refractivity contribution in [2.45, 2.75) is 24.1 Å². The van der Waals surface area contributed by atoms with Gasteiger partial charge in [-0.15, -0.1) is 11.8 Å². The molecule has 0 aliphatic carbocycles. The van der Waals surface area contributed by atoms with Crippen LogP contribution in [0.5, 0.6) is 0 Å². The zero-order valence-electron chi connectivity index (χ0n) is 10.1. The first-order valence-electron chi connectivity index (χ1n) is 5.76. The van der Waals surface area contributed by atoms with Crippen molar-refractivity contribution in [3.05, 3.63) is 0 Å². The maximum atomic E-state index is 12.4. The molecule has 0 radical (unpaired) electrons. The van der Waals surface area contributed by atoms with Crippen LogP contribution in [0.4, 0.5) is 0 Å². The highest BCUT2D eigenvalue weighted by Gasteiger charge is 2.44. The fourth-order valence-corrected chi connectivity index (χ4v) is 7.67. The molecule has 2 saturated heterocycles. The van der Waals surface area contributed by atoms with Crippen molar-refractivity contribution in [2.24, 2.45) is 0 Å². The first-order chi connectivity index (χ1) is 8.74. The van der Waals surface area contributed by atoms with Gasteiger partial charge in [0, 0.05) is 5.75 Å². The highest BCUT2D eigenvalue weighted by Crippen LogP contribution is 2.30. The van der Waals surface area contributed by atoms with Crippen LogP contribution >= 0.6 is 11.8 Å². The van der Waals surface area contributed by atoms with E-state index < -0.39 is 37.1 Å². The van der Waals surface area contributed by atoms with Crippen molar-refractivity contribution in [1.29, 1.82) is 0 Å². The maximum Gasteiger partial charge on any atom is 0.322 e. The van der Waals surface area contributed by atoms with E-state index in [-0.39, 0.29) is 36.0 Å². The second-order valence-electron chi connectivity index (χ2n) is 4.64. The summed E-state index contributed by atoms with van der Waals surface area (Å²) in [6, 6.07) is -1.03. The van der Waals surface area contributed by atoms with Gasteiger partial charge in [-0.3, -0.25) is 4.79 Å². The molecule has 2 aliphatic heterocycles. The topological polar surface area (TPSA) is 109 Å². The molecule has 0 aromatic heterocycles. The predicted octanol–water partition coefficient (Wildman–Crippen LogP) is -0.647. The van der Waals surface area contributed by atoms with Crippen molar-refractivity contribution in [3.63, 3.8) is 0 Å². The fraction of sp³-hybridized carbons (Fsp3) is 0.889. The van der Waals surface area contributed by atoms with E-state index in [1.54, 1.807) is 0 Å². The number of nitrogens with zero attached hydrogens (tertiary/aromatic N) is 1. The number of thioether (sulfide) groups is 1. The van der Waals surface area contributed by atoms with Gasteiger partial charge in [-0.2, -0.15) is 4.31 Å². The molecule has 0 aromatic rings. The number of hydrogen-bond donors (Lipinski definition) is 1. The van der Waals surface area contributed by atoms with E-state index in [1.165, 1.54) is 11.8 Å². The Bertz CT molecular complexity index is 555. The number of hydrogen-bond acceptors (Lipinski definition) is 6. The van der Waals surface area contributed by atoms with Gasteiger partial charge in [0.1, 0.15) is 15.9 Å². The third-order valence-electron chi connectivity index (χ3n) is 3.38. The Hall–Kier alpha value is -0.320. The second kappa shape index (κ2) is 5.23. The van der Waals surface area contributed by atoms with E-state index in [0.717, 1.165) is 4.31 Å². The molecule has 0 spiro atoms. The van der Waals surface area contributed by atoms with E-state index in [4.69, 9.17) is 5.11 Å². The molecule has 0 aromatic carbocycles. The van der Waals surface area contributed by atoms with E-state index in [0.29, 0.717) is 0 Å². The minimum Gasteiger partial charge on any atom is -0.480 e. The molecule has 0 bridgehead atoms.